The minimum Gasteiger partial charge on any atom is -0.465 e. The number of methoxy groups -OCH3 is 1. The van der Waals surface area contributed by atoms with Crippen molar-refractivity contribution in [2.45, 2.75) is 31.2 Å². The normalized spacial score (nSPS) is 17.0. The third-order valence-electron chi connectivity index (χ3n) is 3.68. The number of sulfonamides is 1. The van der Waals surface area contributed by atoms with Crippen molar-refractivity contribution in [1.82, 2.24) is 15.2 Å². The summed E-state index contributed by atoms with van der Waals surface area (Å²) in [6, 6.07) is 4.46. The molecule has 9 heteroatoms. The summed E-state index contributed by atoms with van der Waals surface area (Å²) >= 11 is 0. The minimum absolute atomic E-state index is 0.143. The zero-order valence-electron chi connectivity index (χ0n) is 13.6. The van der Waals surface area contributed by atoms with Gasteiger partial charge in [-0.3, -0.25) is 0 Å². The Morgan fingerprint density at radius 1 is 1.33 bits per heavy atom. The third kappa shape index (κ3) is 3.35. The van der Waals surface area contributed by atoms with Gasteiger partial charge in [-0.2, -0.15) is 0 Å². The number of carbonyl (C=O) groups excluding carboxylic acids is 2. The molecule has 24 heavy (non-hydrogen) atoms. The van der Waals surface area contributed by atoms with E-state index in [4.69, 9.17) is 0 Å². The van der Waals surface area contributed by atoms with Gasteiger partial charge in [0.2, 0.25) is 0 Å². The van der Waals surface area contributed by atoms with Crippen LogP contribution in [-0.4, -0.2) is 38.6 Å². The molecule has 2 N–H and O–H groups in total. The summed E-state index contributed by atoms with van der Waals surface area (Å²) in [5, 5.41) is 1.20. The van der Waals surface area contributed by atoms with Crippen LogP contribution in [0.1, 0.15) is 30.6 Å². The number of rotatable bonds is 4. The second kappa shape index (κ2) is 6.91. The van der Waals surface area contributed by atoms with Crippen LogP contribution >= 0.6 is 0 Å². The number of urea groups is 1. The third-order valence-corrected chi connectivity index (χ3v) is 5.06. The summed E-state index contributed by atoms with van der Waals surface area (Å²) in [6.45, 7) is 3.73. The maximum Gasteiger partial charge on any atom is 0.350 e. The molecule has 0 saturated heterocycles. The fourth-order valence-corrected chi connectivity index (χ4v) is 3.60. The predicted octanol–water partition coefficient (Wildman–Crippen LogP) is 1.37. The summed E-state index contributed by atoms with van der Waals surface area (Å²) in [7, 11) is -3.09. The fourth-order valence-electron chi connectivity index (χ4n) is 2.46. The number of esters is 1. The Bertz CT molecular complexity index is 788. The summed E-state index contributed by atoms with van der Waals surface area (Å²) in [5.74, 6) is -0.799. The highest BCUT2D eigenvalue weighted by molar-refractivity contribution is 7.90. The van der Waals surface area contributed by atoms with Crippen LogP contribution in [0.15, 0.2) is 40.9 Å². The summed E-state index contributed by atoms with van der Waals surface area (Å²) in [6.07, 6.45) is 2.27. The van der Waals surface area contributed by atoms with Crippen LogP contribution in [0, 0.1) is 0 Å². The van der Waals surface area contributed by atoms with E-state index < -0.39 is 22.0 Å². The Morgan fingerprint density at radius 3 is 2.62 bits per heavy atom. The van der Waals surface area contributed by atoms with E-state index in [2.05, 4.69) is 10.2 Å². The lowest BCUT2D eigenvalue weighted by Crippen LogP contribution is -2.50. The average Bonchev–Trinajstić information content (AvgIpc) is 2.94. The summed E-state index contributed by atoms with van der Waals surface area (Å²) in [4.78, 5) is 23.7. The Morgan fingerprint density at radius 2 is 2.00 bits per heavy atom. The molecule has 130 valence electrons. The van der Waals surface area contributed by atoms with Crippen LogP contribution < -0.4 is 10.1 Å². The van der Waals surface area contributed by atoms with Crippen molar-refractivity contribution < 1.29 is 22.7 Å². The van der Waals surface area contributed by atoms with Crippen molar-refractivity contribution in [3.05, 3.63) is 41.6 Å². The number of hydrogen-bond donors (Lipinski definition) is 2. The lowest BCUT2D eigenvalue weighted by molar-refractivity contribution is 0.0596. The molecule has 1 atom stereocenters. The lowest BCUT2D eigenvalue weighted by Gasteiger charge is -2.25. The number of amides is 2. The molecular weight excluding hydrogens is 334 g/mol. The number of hydrazine groups is 1. The number of ether oxygens (including phenoxy) is 1. The molecule has 2 rings (SSSR count). The van der Waals surface area contributed by atoms with Crippen LogP contribution in [0.3, 0.4) is 0 Å². The molecular formula is C15H19N3O5S. The van der Waals surface area contributed by atoms with E-state index >= 15 is 0 Å². The monoisotopic (exact) mass is 353 g/mol. The van der Waals surface area contributed by atoms with Gasteiger partial charge in [0.15, 0.2) is 0 Å². The highest BCUT2D eigenvalue weighted by atomic mass is 32.2. The van der Waals surface area contributed by atoms with Crippen LogP contribution in [0.25, 0.3) is 0 Å². The van der Waals surface area contributed by atoms with Crippen LogP contribution in [-0.2, 0) is 14.8 Å². The van der Waals surface area contributed by atoms with Gasteiger partial charge < -0.3 is 10.2 Å². The molecule has 1 unspecified atom stereocenters. The van der Waals surface area contributed by atoms with Gasteiger partial charge >= 0.3 is 12.0 Å². The van der Waals surface area contributed by atoms with Gasteiger partial charge in [-0.25, -0.2) is 27.7 Å². The zero-order valence-corrected chi connectivity index (χ0v) is 14.4. The molecule has 0 bridgehead atoms. The van der Waals surface area contributed by atoms with Gasteiger partial charge in [0.1, 0.15) is 4.90 Å². The van der Waals surface area contributed by atoms with E-state index in [0.717, 1.165) is 12.7 Å². The average molecular weight is 353 g/mol. The maximum absolute atomic E-state index is 12.5. The van der Waals surface area contributed by atoms with E-state index in [9.17, 15) is 18.0 Å². The van der Waals surface area contributed by atoms with Gasteiger partial charge in [-0.05, 0) is 31.1 Å². The highest BCUT2D eigenvalue weighted by Crippen LogP contribution is 2.20. The molecule has 0 radical (unpaired) electrons. The molecule has 1 aliphatic heterocycles. The molecule has 0 aromatic heterocycles. The van der Waals surface area contributed by atoms with Crippen molar-refractivity contribution in [2.24, 2.45) is 0 Å². The Labute approximate surface area is 140 Å². The topological polar surface area (TPSA) is 105 Å². The van der Waals surface area contributed by atoms with E-state index in [1.807, 2.05) is 18.6 Å². The number of nitrogens with zero attached hydrogens (tertiary/aromatic N) is 1. The summed E-state index contributed by atoms with van der Waals surface area (Å²) in [5.41, 5.74) is 3.51. The second-order valence-corrected chi connectivity index (χ2v) is 6.86. The van der Waals surface area contributed by atoms with Crippen LogP contribution in [0.4, 0.5) is 4.79 Å². The first kappa shape index (κ1) is 17.8. The summed E-state index contributed by atoms with van der Waals surface area (Å²) < 4.78 is 31.6. The van der Waals surface area contributed by atoms with Crippen LogP contribution in [0.5, 0.6) is 0 Å². The molecule has 0 saturated carbocycles. The van der Waals surface area contributed by atoms with E-state index in [-0.39, 0.29) is 16.5 Å². The Hall–Kier alpha value is -2.55. The number of nitrogens with one attached hydrogen (secondary N) is 2. The first-order chi connectivity index (χ1) is 11.3. The fraction of sp³-hybridized carbons (Fsp3) is 0.333. The first-order valence-corrected chi connectivity index (χ1v) is 8.76. The van der Waals surface area contributed by atoms with Crippen LogP contribution in [0.2, 0.25) is 0 Å². The molecule has 8 nitrogen and oxygen atoms in total. The lowest BCUT2D eigenvalue weighted by atomic mass is 10.1. The quantitative estimate of drug-likeness (QED) is 0.792. The second-order valence-electron chi connectivity index (χ2n) is 5.21. The van der Waals surface area contributed by atoms with Crippen molar-refractivity contribution in [2.75, 3.05) is 7.11 Å². The number of hydrogen-bond acceptors (Lipinski definition) is 6. The first-order valence-electron chi connectivity index (χ1n) is 7.28. The van der Waals surface area contributed by atoms with E-state index in [1.54, 1.807) is 6.20 Å². The standard InChI is InChI=1S/C15H19N3O5S/c1-4-12-10(2)9-16-18(12)15(20)17-24(21,22)13-8-6-5-7-11(13)14(19)23-3/h5-9,12,16H,4H2,1-3H3,(H,17,20). The van der Waals surface area contributed by atoms with E-state index in [0.29, 0.717) is 6.42 Å². The largest absolute Gasteiger partial charge is 0.465 e. The van der Waals surface area contributed by atoms with Crippen molar-refractivity contribution >= 4 is 22.0 Å². The van der Waals surface area contributed by atoms with Gasteiger partial charge in [0.05, 0.1) is 18.7 Å². The molecule has 1 heterocycles. The molecule has 2 amide bonds. The SMILES string of the molecule is CCC1C(C)=CNN1C(=O)NS(=O)(=O)c1ccccc1C(=O)OC. The van der Waals surface area contributed by atoms with Crippen molar-refractivity contribution in [3.8, 4) is 0 Å². The molecule has 1 aromatic carbocycles. The van der Waals surface area contributed by atoms with Crippen molar-refractivity contribution in [1.29, 1.82) is 0 Å². The molecule has 1 aromatic rings. The Kier molecular flexibility index (Phi) is 5.13. The number of carbonyl (C=O) groups is 2. The minimum atomic E-state index is -4.24. The van der Waals surface area contributed by atoms with Gasteiger partial charge in [0.25, 0.3) is 10.0 Å². The van der Waals surface area contributed by atoms with Crippen molar-refractivity contribution in [3.63, 3.8) is 0 Å². The highest BCUT2D eigenvalue weighted by Gasteiger charge is 2.32. The number of benzene rings is 1. The van der Waals surface area contributed by atoms with Gasteiger partial charge in [0, 0.05) is 6.20 Å². The Balaban J connectivity index is 2.27. The molecule has 1 aliphatic rings. The molecule has 0 aliphatic carbocycles. The maximum atomic E-state index is 12.5. The zero-order chi connectivity index (χ0) is 17.9. The van der Waals surface area contributed by atoms with E-state index in [1.165, 1.54) is 29.3 Å². The molecule has 0 fully saturated rings. The van der Waals surface area contributed by atoms with Gasteiger partial charge in [-0.15, -0.1) is 0 Å². The smallest absolute Gasteiger partial charge is 0.350 e. The predicted molar refractivity (Wildman–Crippen MR) is 86.3 cm³/mol. The molecule has 0 spiro atoms. The van der Waals surface area contributed by atoms with Gasteiger partial charge in [-0.1, -0.05) is 19.1 Å².